The summed E-state index contributed by atoms with van der Waals surface area (Å²) in [5, 5.41) is 8.54. The number of carbonyl (C=O) groups excluding carboxylic acids is 1. The number of thiophene rings is 1. The largest absolute Gasteiger partial charge is 0.416 e. The molecular formula is C12H9F3N2OS. The lowest BCUT2D eigenvalue weighted by Gasteiger charge is -2.09. The predicted molar refractivity (Wildman–Crippen MR) is 68.4 cm³/mol. The number of rotatable bonds is 2. The normalized spacial score (nSPS) is 11.1. The maximum atomic E-state index is 12.3. The summed E-state index contributed by atoms with van der Waals surface area (Å²) < 4.78 is 37.0. The van der Waals surface area contributed by atoms with E-state index in [9.17, 15) is 18.0 Å². The summed E-state index contributed by atoms with van der Waals surface area (Å²) in [5.74, 6) is 0. The van der Waals surface area contributed by atoms with Gasteiger partial charge >= 0.3 is 12.2 Å². The summed E-state index contributed by atoms with van der Waals surface area (Å²) in [6.45, 7) is 0. The van der Waals surface area contributed by atoms with Crippen LogP contribution in [-0.2, 0) is 6.18 Å². The van der Waals surface area contributed by atoms with E-state index >= 15 is 0 Å². The molecule has 1 aromatic carbocycles. The fourth-order valence-corrected chi connectivity index (χ4v) is 1.96. The van der Waals surface area contributed by atoms with Crippen LogP contribution in [0.3, 0.4) is 0 Å². The van der Waals surface area contributed by atoms with Crippen LogP contribution in [0.1, 0.15) is 5.56 Å². The molecule has 0 bridgehead atoms. The van der Waals surface area contributed by atoms with Gasteiger partial charge in [-0.1, -0.05) is 0 Å². The summed E-state index contributed by atoms with van der Waals surface area (Å²) in [5.41, 5.74) is 0.173. The summed E-state index contributed by atoms with van der Waals surface area (Å²) >= 11 is 1.43. The molecule has 0 saturated heterocycles. The Morgan fingerprint density at radius 2 is 1.63 bits per heavy atom. The van der Waals surface area contributed by atoms with Crippen molar-refractivity contribution in [2.45, 2.75) is 6.18 Å². The molecule has 1 heterocycles. The molecule has 0 radical (unpaired) electrons. The zero-order valence-corrected chi connectivity index (χ0v) is 10.3. The maximum absolute atomic E-state index is 12.3. The third-order valence-electron chi connectivity index (χ3n) is 2.25. The average Bonchev–Trinajstić information content (AvgIpc) is 2.81. The van der Waals surface area contributed by atoms with Gasteiger partial charge in [-0.15, -0.1) is 0 Å². The third-order valence-corrected chi connectivity index (χ3v) is 2.93. The average molecular weight is 286 g/mol. The molecule has 2 amide bonds. The number of amides is 2. The number of halogens is 3. The highest BCUT2D eigenvalue weighted by Crippen LogP contribution is 2.29. The van der Waals surface area contributed by atoms with Crippen molar-refractivity contribution in [3.63, 3.8) is 0 Å². The Morgan fingerprint density at radius 3 is 2.16 bits per heavy atom. The first kappa shape index (κ1) is 13.4. The predicted octanol–water partition coefficient (Wildman–Crippen LogP) is 4.41. The van der Waals surface area contributed by atoms with Crippen LogP contribution in [0.15, 0.2) is 41.1 Å². The Bertz CT molecular complexity index is 549. The minimum absolute atomic E-state index is 0.292. The van der Waals surface area contributed by atoms with E-state index in [0.29, 0.717) is 11.4 Å². The molecule has 100 valence electrons. The van der Waals surface area contributed by atoms with Gasteiger partial charge in [0.15, 0.2) is 0 Å². The second kappa shape index (κ2) is 5.31. The number of hydrogen-bond acceptors (Lipinski definition) is 2. The van der Waals surface area contributed by atoms with E-state index in [0.717, 1.165) is 12.1 Å². The Balaban J connectivity index is 1.98. The number of carbonyl (C=O) groups is 1. The summed E-state index contributed by atoms with van der Waals surface area (Å²) in [4.78, 5) is 11.5. The summed E-state index contributed by atoms with van der Waals surface area (Å²) in [6, 6.07) is 5.46. The lowest BCUT2D eigenvalue weighted by molar-refractivity contribution is -0.137. The highest BCUT2D eigenvalue weighted by molar-refractivity contribution is 7.08. The minimum Gasteiger partial charge on any atom is -0.308 e. The first-order valence-electron chi connectivity index (χ1n) is 5.22. The molecule has 7 heteroatoms. The molecule has 0 atom stereocenters. The number of alkyl halides is 3. The number of anilines is 2. The first-order valence-corrected chi connectivity index (χ1v) is 6.17. The fourth-order valence-electron chi connectivity index (χ4n) is 1.37. The van der Waals surface area contributed by atoms with Gasteiger partial charge in [-0.05, 0) is 35.7 Å². The van der Waals surface area contributed by atoms with Crippen LogP contribution in [0.25, 0.3) is 0 Å². The lowest BCUT2D eigenvalue weighted by Crippen LogP contribution is -2.19. The van der Waals surface area contributed by atoms with E-state index in [1.807, 2.05) is 0 Å². The molecular weight excluding hydrogens is 277 g/mol. The third kappa shape index (κ3) is 3.72. The van der Waals surface area contributed by atoms with Crippen molar-refractivity contribution in [2.24, 2.45) is 0 Å². The van der Waals surface area contributed by atoms with Crippen molar-refractivity contribution in [1.29, 1.82) is 0 Å². The molecule has 0 spiro atoms. The Hall–Kier alpha value is -2.02. The molecule has 2 rings (SSSR count). The Kier molecular flexibility index (Phi) is 3.75. The van der Waals surface area contributed by atoms with Crippen LogP contribution >= 0.6 is 11.3 Å². The van der Waals surface area contributed by atoms with Gasteiger partial charge in [0.1, 0.15) is 0 Å². The Morgan fingerprint density at radius 1 is 1.00 bits per heavy atom. The van der Waals surface area contributed by atoms with E-state index in [2.05, 4.69) is 10.6 Å². The van der Waals surface area contributed by atoms with Gasteiger partial charge in [-0.25, -0.2) is 4.79 Å². The van der Waals surface area contributed by atoms with Crippen molar-refractivity contribution in [3.05, 3.63) is 46.7 Å². The van der Waals surface area contributed by atoms with Crippen LogP contribution in [-0.4, -0.2) is 6.03 Å². The van der Waals surface area contributed by atoms with Gasteiger partial charge in [0.05, 0.1) is 11.3 Å². The van der Waals surface area contributed by atoms with Gasteiger partial charge in [0.2, 0.25) is 0 Å². The second-order valence-electron chi connectivity index (χ2n) is 3.67. The number of hydrogen-bond donors (Lipinski definition) is 2. The molecule has 0 aliphatic carbocycles. The van der Waals surface area contributed by atoms with Crippen LogP contribution in [0.4, 0.5) is 29.3 Å². The minimum atomic E-state index is -4.38. The molecule has 0 aliphatic rings. The molecule has 0 saturated carbocycles. The fraction of sp³-hybridized carbons (Fsp3) is 0.0833. The number of benzene rings is 1. The van der Waals surface area contributed by atoms with E-state index in [4.69, 9.17) is 0 Å². The van der Waals surface area contributed by atoms with Crippen molar-refractivity contribution < 1.29 is 18.0 Å². The maximum Gasteiger partial charge on any atom is 0.416 e. The molecule has 0 aliphatic heterocycles. The monoisotopic (exact) mass is 286 g/mol. The quantitative estimate of drug-likeness (QED) is 0.843. The summed E-state index contributed by atoms with van der Waals surface area (Å²) in [6.07, 6.45) is -4.38. The molecule has 1 aromatic heterocycles. The van der Waals surface area contributed by atoms with Crippen molar-refractivity contribution in [2.75, 3.05) is 10.6 Å². The van der Waals surface area contributed by atoms with Gasteiger partial charge in [-0.2, -0.15) is 24.5 Å². The van der Waals surface area contributed by atoms with E-state index in [1.165, 1.54) is 23.5 Å². The van der Waals surface area contributed by atoms with Crippen LogP contribution in [0.2, 0.25) is 0 Å². The van der Waals surface area contributed by atoms with E-state index in [-0.39, 0.29) is 0 Å². The van der Waals surface area contributed by atoms with Crippen LogP contribution < -0.4 is 10.6 Å². The van der Waals surface area contributed by atoms with Crippen molar-refractivity contribution >= 4 is 28.7 Å². The smallest absolute Gasteiger partial charge is 0.308 e. The molecule has 2 aromatic rings. The number of nitrogens with one attached hydrogen (secondary N) is 2. The Labute approximate surface area is 111 Å². The zero-order chi connectivity index (χ0) is 13.9. The first-order chi connectivity index (χ1) is 8.95. The van der Waals surface area contributed by atoms with Crippen LogP contribution in [0, 0.1) is 0 Å². The van der Waals surface area contributed by atoms with Gasteiger partial charge in [-0.3, -0.25) is 0 Å². The standard InChI is InChI=1S/C12H9F3N2OS/c13-12(14,15)8-1-3-9(4-2-8)16-11(18)17-10-5-6-19-7-10/h1-7H,(H2,16,17,18). The highest BCUT2D eigenvalue weighted by Gasteiger charge is 2.29. The molecule has 3 nitrogen and oxygen atoms in total. The molecule has 2 N–H and O–H groups in total. The van der Waals surface area contributed by atoms with Gasteiger partial charge < -0.3 is 10.6 Å². The van der Waals surface area contributed by atoms with Crippen LogP contribution in [0.5, 0.6) is 0 Å². The van der Waals surface area contributed by atoms with Crippen molar-refractivity contribution in [3.8, 4) is 0 Å². The summed E-state index contributed by atoms with van der Waals surface area (Å²) in [7, 11) is 0. The molecule has 19 heavy (non-hydrogen) atoms. The second-order valence-corrected chi connectivity index (χ2v) is 4.45. The number of urea groups is 1. The molecule has 0 unspecified atom stereocenters. The zero-order valence-electron chi connectivity index (χ0n) is 9.49. The topological polar surface area (TPSA) is 41.1 Å². The lowest BCUT2D eigenvalue weighted by atomic mass is 10.2. The SMILES string of the molecule is O=C(Nc1ccc(C(F)(F)F)cc1)Nc1ccsc1. The van der Waals surface area contributed by atoms with Gasteiger partial charge in [0, 0.05) is 11.1 Å². The van der Waals surface area contributed by atoms with E-state index < -0.39 is 17.8 Å². The van der Waals surface area contributed by atoms with Gasteiger partial charge in [0.25, 0.3) is 0 Å². The highest BCUT2D eigenvalue weighted by atomic mass is 32.1. The van der Waals surface area contributed by atoms with Crippen molar-refractivity contribution in [1.82, 2.24) is 0 Å². The molecule has 0 fully saturated rings. The van der Waals surface area contributed by atoms with E-state index in [1.54, 1.807) is 16.8 Å².